The molecule has 2 aromatic heterocycles. The minimum atomic E-state index is 0.156. The third kappa shape index (κ3) is 2.44. The normalized spacial score (nSPS) is 12.5. The second-order valence-corrected chi connectivity index (χ2v) is 6.35. The van der Waals surface area contributed by atoms with Crippen molar-refractivity contribution in [3.63, 3.8) is 0 Å². The van der Waals surface area contributed by atoms with Crippen LogP contribution in [0.15, 0.2) is 42.6 Å². The van der Waals surface area contributed by atoms with Crippen molar-refractivity contribution in [2.75, 3.05) is 11.1 Å². The fraction of sp³-hybridized carbons (Fsp3) is 0.133. The molecule has 0 fully saturated rings. The summed E-state index contributed by atoms with van der Waals surface area (Å²) >= 11 is 7.55. The van der Waals surface area contributed by atoms with Gasteiger partial charge in [-0.15, -0.1) is 11.3 Å². The topological polar surface area (TPSA) is 50.9 Å². The first-order chi connectivity index (χ1) is 9.65. The fourth-order valence-corrected chi connectivity index (χ4v) is 3.23. The van der Waals surface area contributed by atoms with E-state index < -0.39 is 0 Å². The van der Waals surface area contributed by atoms with Gasteiger partial charge >= 0.3 is 0 Å². The number of benzene rings is 1. The second kappa shape index (κ2) is 5.31. The first-order valence-electron chi connectivity index (χ1n) is 6.30. The molecule has 5 heteroatoms. The summed E-state index contributed by atoms with van der Waals surface area (Å²) in [6.07, 6.45) is 1.77. The molecule has 20 heavy (non-hydrogen) atoms. The molecule has 3 N–H and O–H groups in total. The van der Waals surface area contributed by atoms with Gasteiger partial charge in [-0.1, -0.05) is 11.6 Å². The number of thiophene rings is 1. The minimum Gasteiger partial charge on any atom is -0.397 e. The van der Waals surface area contributed by atoms with Gasteiger partial charge in [-0.3, -0.25) is 4.98 Å². The van der Waals surface area contributed by atoms with Crippen molar-refractivity contribution in [3.8, 4) is 0 Å². The van der Waals surface area contributed by atoms with E-state index in [2.05, 4.69) is 17.2 Å². The molecule has 0 aliphatic rings. The predicted molar refractivity (Wildman–Crippen MR) is 87.5 cm³/mol. The Morgan fingerprint density at radius 3 is 2.85 bits per heavy atom. The first kappa shape index (κ1) is 13.2. The molecule has 1 unspecified atom stereocenters. The number of nitrogen functional groups attached to an aromatic ring is 1. The number of aromatic nitrogens is 1. The Morgan fingerprint density at radius 2 is 2.10 bits per heavy atom. The van der Waals surface area contributed by atoms with Crippen molar-refractivity contribution >= 4 is 45.2 Å². The Labute approximate surface area is 126 Å². The highest BCUT2D eigenvalue weighted by molar-refractivity contribution is 7.16. The van der Waals surface area contributed by atoms with Crippen LogP contribution >= 0.6 is 22.9 Å². The SMILES string of the molecule is CC(Nc1ccc2ncccc2c1N)c1ccc(Cl)s1. The maximum atomic E-state index is 6.23. The quantitative estimate of drug-likeness (QED) is 0.689. The largest absolute Gasteiger partial charge is 0.397 e. The monoisotopic (exact) mass is 303 g/mol. The third-order valence-electron chi connectivity index (χ3n) is 3.22. The summed E-state index contributed by atoms with van der Waals surface area (Å²) < 4.78 is 0.796. The van der Waals surface area contributed by atoms with Gasteiger partial charge < -0.3 is 11.1 Å². The maximum absolute atomic E-state index is 6.23. The predicted octanol–water partition coefficient (Wildman–Crippen LogP) is 4.71. The van der Waals surface area contributed by atoms with Crippen LogP contribution in [-0.4, -0.2) is 4.98 Å². The van der Waals surface area contributed by atoms with Crippen molar-refractivity contribution in [1.29, 1.82) is 0 Å². The molecule has 0 amide bonds. The number of anilines is 2. The first-order valence-corrected chi connectivity index (χ1v) is 7.49. The fourth-order valence-electron chi connectivity index (χ4n) is 2.17. The van der Waals surface area contributed by atoms with Crippen molar-refractivity contribution in [3.05, 3.63) is 51.8 Å². The van der Waals surface area contributed by atoms with E-state index in [1.165, 1.54) is 4.88 Å². The number of halogens is 1. The van der Waals surface area contributed by atoms with Crippen molar-refractivity contribution < 1.29 is 0 Å². The van der Waals surface area contributed by atoms with Gasteiger partial charge in [0.1, 0.15) is 0 Å². The number of pyridine rings is 1. The average molecular weight is 304 g/mol. The van der Waals surface area contributed by atoms with E-state index >= 15 is 0 Å². The van der Waals surface area contributed by atoms with Gasteiger partial charge in [-0.05, 0) is 43.3 Å². The standard InChI is InChI=1S/C15H14ClN3S/c1-9(13-6-7-14(16)20-13)19-12-5-4-11-10(15(12)17)3-2-8-18-11/h2-9,19H,17H2,1H3. The molecule has 1 aromatic carbocycles. The minimum absolute atomic E-state index is 0.156. The molecule has 0 saturated carbocycles. The van der Waals surface area contributed by atoms with Crippen molar-refractivity contribution in [1.82, 2.24) is 4.98 Å². The maximum Gasteiger partial charge on any atom is 0.0932 e. The Morgan fingerprint density at radius 1 is 1.25 bits per heavy atom. The summed E-state index contributed by atoms with van der Waals surface area (Å²) in [5.41, 5.74) is 8.78. The van der Waals surface area contributed by atoms with E-state index in [9.17, 15) is 0 Å². The zero-order valence-electron chi connectivity index (χ0n) is 10.9. The van der Waals surface area contributed by atoms with Gasteiger partial charge in [0.15, 0.2) is 0 Å². The average Bonchev–Trinajstić information content (AvgIpc) is 2.89. The van der Waals surface area contributed by atoms with E-state index in [0.717, 1.165) is 26.6 Å². The van der Waals surface area contributed by atoms with Crippen molar-refractivity contribution in [2.45, 2.75) is 13.0 Å². The number of nitrogens with two attached hydrogens (primary N) is 1. The molecule has 2 heterocycles. The van der Waals surface area contributed by atoms with E-state index in [1.807, 2.05) is 36.4 Å². The third-order valence-corrected chi connectivity index (χ3v) is 4.63. The number of fused-ring (bicyclic) bond motifs is 1. The lowest BCUT2D eigenvalue weighted by molar-refractivity contribution is 0.909. The molecule has 0 spiro atoms. The molecule has 0 radical (unpaired) electrons. The molecule has 102 valence electrons. The summed E-state index contributed by atoms with van der Waals surface area (Å²) in [6, 6.07) is 11.9. The lowest BCUT2D eigenvalue weighted by atomic mass is 10.1. The highest BCUT2D eigenvalue weighted by Gasteiger charge is 2.11. The van der Waals surface area contributed by atoms with Crippen LogP contribution in [0.1, 0.15) is 17.8 Å². The highest BCUT2D eigenvalue weighted by Crippen LogP contribution is 2.33. The highest BCUT2D eigenvalue weighted by atomic mass is 35.5. The van der Waals surface area contributed by atoms with Crippen LogP contribution in [0.3, 0.4) is 0 Å². The van der Waals surface area contributed by atoms with Crippen LogP contribution in [0.4, 0.5) is 11.4 Å². The Kier molecular flexibility index (Phi) is 3.51. The summed E-state index contributed by atoms with van der Waals surface area (Å²) in [4.78, 5) is 5.48. The van der Waals surface area contributed by atoms with Gasteiger partial charge in [0, 0.05) is 16.5 Å². The Hall–Kier alpha value is -1.78. The number of rotatable bonds is 3. The van der Waals surface area contributed by atoms with E-state index in [-0.39, 0.29) is 6.04 Å². The summed E-state index contributed by atoms with van der Waals surface area (Å²) in [6.45, 7) is 2.09. The molecule has 0 aliphatic carbocycles. The summed E-state index contributed by atoms with van der Waals surface area (Å²) in [5.74, 6) is 0. The van der Waals surface area contributed by atoms with Gasteiger partial charge in [0.05, 0.1) is 27.3 Å². The Bertz CT molecular complexity index is 754. The molecular formula is C15H14ClN3S. The van der Waals surface area contributed by atoms with Crippen molar-refractivity contribution in [2.24, 2.45) is 0 Å². The molecule has 0 saturated heterocycles. The van der Waals surface area contributed by atoms with Gasteiger partial charge in [-0.25, -0.2) is 0 Å². The molecule has 3 rings (SSSR count). The lowest BCUT2D eigenvalue weighted by Gasteiger charge is -2.16. The zero-order chi connectivity index (χ0) is 14.1. The number of hydrogen-bond acceptors (Lipinski definition) is 4. The van der Waals surface area contributed by atoms with Crippen LogP contribution in [0.25, 0.3) is 10.9 Å². The molecule has 3 aromatic rings. The summed E-state index contributed by atoms with van der Waals surface area (Å²) in [5, 5.41) is 4.40. The van der Waals surface area contributed by atoms with Gasteiger partial charge in [-0.2, -0.15) is 0 Å². The van der Waals surface area contributed by atoms with Crippen LogP contribution in [0.5, 0.6) is 0 Å². The molecule has 0 aliphatic heterocycles. The van der Waals surface area contributed by atoms with Crippen LogP contribution in [0, 0.1) is 0 Å². The van der Waals surface area contributed by atoms with E-state index in [1.54, 1.807) is 17.5 Å². The van der Waals surface area contributed by atoms with Gasteiger partial charge in [0.25, 0.3) is 0 Å². The number of hydrogen-bond donors (Lipinski definition) is 2. The lowest BCUT2D eigenvalue weighted by Crippen LogP contribution is -2.07. The van der Waals surface area contributed by atoms with Crippen LogP contribution in [-0.2, 0) is 0 Å². The van der Waals surface area contributed by atoms with Crippen LogP contribution in [0.2, 0.25) is 4.34 Å². The van der Waals surface area contributed by atoms with Crippen LogP contribution < -0.4 is 11.1 Å². The number of nitrogens with zero attached hydrogens (tertiary/aromatic N) is 1. The molecule has 1 atom stereocenters. The second-order valence-electron chi connectivity index (χ2n) is 4.60. The van der Waals surface area contributed by atoms with E-state index in [4.69, 9.17) is 17.3 Å². The smallest absolute Gasteiger partial charge is 0.0932 e. The molecule has 3 nitrogen and oxygen atoms in total. The summed E-state index contributed by atoms with van der Waals surface area (Å²) in [7, 11) is 0. The van der Waals surface area contributed by atoms with E-state index in [0.29, 0.717) is 0 Å². The molecular weight excluding hydrogens is 290 g/mol. The number of nitrogens with one attached hydrogen (secondary N) is 1. The zero-order valence-corrected chi connectivity index (χ0v) is 12.5. The Balaban J connectivity index is 1.93. The van der Waals surface area contributed by atoms with Gasteiger partial charge in [0.2, 0.25) is 0 Å². The molecule has 0 bridgehead atoms.